The molecule has 17 heavy (non-hydrogen) atoms. The van der Waals surface area contributed by atoms with E-state index in [-0.39, 0.29) is 5.83 Å². The Labute approximate surface area is 103 Å². The standard InChI is InChI=1S/C15H20FN/c1-2-15(16)14-8-10-17(11-9-14)12-13-6-4-3-5-7-13/h3-7H,2,8-12H2,1H3. The molecule has 0 spiro atoms. The van der Waals surface area contributed by atoms with E-state index < -0.39 is 0 Å². The lowest BCUT2D eigenvalue weighted by molar-refractivity contribution is 0.245. The first-order valence-electron chi connectivity index (χ1n) is 6.42. The molecule has 1 aromatic carbocycles. The number of hydrogen-bond donors (Lipinski definition) is 0. The first-order chi connectivity index (χ1) is 8.29. The van der Waals surface area contributed by atoms with Gasteiger partial charge in [-0.2, -0.15) is 0 Å². The van der Waals surface area contributed by atoms with Crippen molar-refractivity contribution in [1.29, 1.82) is 0 Å². The molecule has 0 saturated carbocycles. The SMILES string of the molecule is CCC(F)=C1CCN(Cc2ccccc2)CC1. The molecule has 2 rings (SSSR count). The van der Waals surface area contributed by atoms with E-state index in [1.54, 1.807) is 0 Å². The smallest absolute Gasteiger partial charge is 0.0989 e. The summed E-state index contributed by atoms with van der Waals surface area (Å²) < 4.78 is 13.4. The van der Waals surface area contributed by atoms with Crippen LogP contribution in [-0.2, 0) is 6.54 Å². The van der Waals surface area contributed by atoms with Crippen LogP contribution in [0.1, 0.15) is 31.7 Å². The number of hydrogen-bond acceptors (Lipinski definition) is 1. The molecule has 0 atom stereocenters. The molecule has 1 aliphatic rings. The van der Waals surface area contributed by atoms with Crippen molar-refractivity contribution in [2.45, 2.75) is 32.7 Å². The van der Waals surface area contributed by atoms with Crippen LogP contribution in [-0.4, -0.2) is 18.0 Å². The number of rotatable bonds is 3. The molecule has 1 nitrogen and oxygen atoms in total. The second-order valence-corrected chi connectivity index (χ2v) is 4.62. The molecule has 2 heteroatoms. The fraction of sp³-hybridized carbons (Fsp3) is 0.467. The Balaban J connectivity index is 1.88. The zero-order valence-corrected chi connectivity index (χ0v) is 10.5. The van der Waals surface area contributed by atoms with Crippen LogP contribution in [0.5, 0.6) is 0 Å². The van der Waals surface area contributed by atoms with Gasteiger partial charge in [0, 0.05) is 19.6 Å². The molecule has 0 radical (unpaired) electrons. The Morgan fingerprint density at radius 3 is 2.41 bits per heavy atom. The van der Waals surface area contributed by atoms with Gasteiger partial charge in [-0.15, -0.1) is 0 Å². The van der Waals surface area contributed by atoms with E-state index >= 15 is 0 Å². The molecule has 1 aromatic rings. The fourth-order valence-corrected chi connectivity index (χ4v) is 2.34. The molecular formula is C15H20FN. The van der Waals surface area contributed by atoms with Gasteiger partial charge in [-0.3, -0.25) is 4.90 Å². The number of likely N-dealkylation sites (tertiary alicyclic amines) is 1. The second kappa shape index (κ2) is 5.97. The minimum absolute atomic E-state index is 0.115. The molecule has 92 valence electrons. The summed E-state index contributed by atoms with van der Waals surface area (Å²) in [5.74, 6) is 0.115. The number of halogens is 1. The molecule has 0 aromatic heterocycles. The van der Waals surface area contributed by atoms with E-state index in [1.807, 2.05) is 13.0 Å². The zero-order chi connectivity index (χ0) is 12.1. The normalized spacial score (nSPS) is 17.2. The Bertz CT molecular complexity index is 373. The predicted octanol–water partition coefficient (Wildman–Crippen LogP) is 3.92. The molecule has 1 fully saturated rings. The van der Waals surface area contributed by atoms with Crippen LogP contribution in [0.3, 0.4) is 0 Å². The first kappa shape index (κ1) is 12.3. The Morgan fingerprint density at radius 1 is 1.18 bits per heavy atom. The number of nitrogens with zero attached hydrogens (tertiary/aromatic N) is 1. The van der Waals surface area contributed by atoms with Gasteiger partial charge in [-0.1, -0.05) is 37.3 Å². The van der Waals surface area contributed by atoms with E-state index in [2.05, 4.69) is 29.2 Å². The maximum absolute atomic E-state index is 13.4. The summed E-state index contributed by atoms with van der Waals surface area (Å²) in [6.45, 7) is 4.84. The Hall–Kier alpha value is -1.15. The van der Waals surface area contributed by atoms with Crippen molar-refractivity contribution in [3.05, 3.63) is 47.3 Å². The third-order valence-corrected chi connectivity index (χ3v) is 3.40. The molecule has 1 saturated heterocycles. The number of piperidine rings is 1. The highest BCUT2D eigenvalue weighted by molar-refractivity contribution is 5.16. The lowest BCUT2D eigenvalue weighted by Crippen LogP contribution is -2.30. The molecule has 1 heterocycles. The first-order valence-corrected chi connectivity index (χ1v) is 6.42. The maximum Gasteiger partial charge on any atom is 0.0989 e. The average Bonchev–Trinajstić information content (AvgIpc) is 2.40. The topological polar surface area (TPSA) is 3.24 Å². The minimum Gasteiger partial charge on any atom is -0.298 e. The van der Waals surface area contributed by atoms with Gasteiger partial charge >= 0.3 is 0 Å². The second-order valence-electron chi connectivity index (χ2n) is 4.62. The average molecular weight is 233 g/mol. The van der Waals surface area contributed by atoms with E-state index in [4.69, 9.17) is 0 Å². The van der Waals surface area contributed by atoms with Gasteiger partial charge in [0.1, 0.15) is 0 Å². The van der Waals surface area contributed by atoms with E-state index in [0.717, 1.165) is 38.0 Å². The van der Waals surface area contributed by atoms with E-state index in [1.165, 1.54) is 5.56 Å². The zero-order valence-electron chi connectivity index (χ0n) is 10.5. The van der Waals surface area contributed by atoms with Gasteiger partial charge in [0.05, 0.1) is 5.83 Å². The highest BCUT2D eigenvalue weighted by atomic mass is 19.1. The van der Waals surface area contributed by atoms with Crippen LogP contribution in [0.25, 0.3) is 0 Å². The minimum atomic E-state index is 0.115. The molecule has 0 N–H and O–H groups in total. The van der Waals surface area contributed by atoms with E-state index in [0.29, 0.717) is 6.42 Å². The Morgan fingerprint density at radius 2 is 1.82 bits per heavy atom. The number of allylic oxidation sites excluding steroid dienone is 1. The van der Waals surface area contributed by atoms with Crippen molar-refractivity contribution >= 4 is 0 Å². The summed E-state index contributed by atoms with van der Waals surface area (Å²) in [6.07, 6.45) is 2.34. The summed E-state index contributed by atoms with van der Waals surface area (Å²) in [7, 11) is 0. The summed E-state index contributed by atoms with van der Waals surface area (Å²) in [6, 6.07) is 10.5. The monoisotopic (exact) mass is 233 g/mol. The van der Waals surface area contributed by atoms with Gasteiger partial charge in [0.15, 0.2) is 0 Å². The van der Waals surface area contributed by atoms with Gasteiger partial charge in [0.2, 0.25) is 0 Å². The number of benzene rings is 1. The summed E-state index contributed by atoms with van der Waals surface area (Å²) >= 11 is 0. The van der Waals surface area contributed by atoms with Gasteiger partial charge in [0.25, 0.3) is 0 Å². The molecule has 0 bridgehead atoms. The van der Waals surface area contributed by atoms with Crippen LogP contribution in [0.4, 0.5) is 4.39 Å². The maximum atomic E-state index is 13.4. The third-order valence-electron chi connectivity index (χ3n) is 3.40. The summed E-state index contributed by atoms with van der Waals surface area (Å²) in [5, 5.41) is 0. The molecule has 0 amide bonds. The van der Waals surface area contributed by atoms with Crippen molar-refractivity contribution in [3.8, 4) is 0 Å². The molecular weight excluding hydrogens is 213 g/mol. The lowest BCUT2D eigenvalue weighted by atomic mass is 10.0. The van der Waals surface area contributed by atoms with Crippen molar-refractivity contribution < 1.29 is 4.39 Å². The molecule has 0 aliphatic carbocycles. The quantitative estimate of drug-likeness (QED) is 0.765. The summed E-state index contributed by atoms with van der Waals surface area (Å²) in [5.41, 5.74) is 2.38. The van der Waals surface area contributed by atoms with Crippen LogP contribution in [0.2, 0.25) is 0 Å². The van der Waals surface area contributed by atoms with Crippen molar-refractivity contribution in [3.63, 3.8) is 0 Å². The Kier molecular flexibility index (Phi) is 4.32. The van der Waals surface area contributed by atoms with Crippen LogP contribution < -0.4 is 0 Å². The van der Waals surface area contributed by atoms with E-state index in [9.17, 15) is 4.39 Å². The van der Waals surface area contributed by atoms with Crippen LogP contribution in [0.15, 0.2) is 41.7 Å². The van der Waals surface area contributed by atoms with Gasteiger partial charge < -0.3 is 0 Å². The fourth-order valence-electron chi connectivity index (χ4n) is 2.34. The highest BCUT2D eigenvalue weighted by Crippen LogP contribution is 2.23. The van der Waals surface area contributed by atoms with Crippen molar-refractivity contribution in [1.82, 2.24) is 4.90 Å². The van der Waals surface area contributed by atoms with Crippen molar-refractivity contribution in [2.24, 2.45) is 0 Å². The largest absolute Gasteiger partial charge is 0.298 e. The molecule has 1 aliphatic heterocycles. The van der Waals surface area contributed by atoms with Gasteiger partial charge in [-0.25, -0.2) is 4.39 Å². The van der Waals surface area contributed by atoms with Crippen LogP contribution >= 0.6 is 0 Å². The highest BCUT2D eigenvalue weighted by Gasteiger charge is 2.16. The third kappa shape index (κ3) is 3.40. The van der Waals surface area contributed by atoms with Crippen LogP contribution in [0, 0.1) is 0 Å². The lowest BCUT2D eigenvalue weighted by Gasteiger charge is -2.28. The predicted molar refractivity (Wildman–Crippen MR) is 69.4 cm³/mol. The van der Waals surface area contributed by atoms with Crippen molar-refractivity contribution in [2.75, 3.05) is 13.1 Å². The summed E-state index contributed by atoms with van der Waals surface area (Å²) in [4.78, 5) is 2.40. The molecule has 0 unspecified atom stereocenters. The van der Waals surface area contributed by atoms with Gasteiger partial charge in [-0.05, 0) is 30.4 Å².